The fourth-order valence-corrected chi connectivity index (χ4v) is 2.20. The molecule has 3 N–H and O–H groups in total. The molecule has 0 atom stereocenters. The quantitative estimate of drug-likeness (QED) is 0.692. The molecule has 3 heterocycles. The Labute approximate surface area is 119 Å². The molecule has 0 unspecified atom stereocenters. The lowest BCUT2D eigenvalue weighted by Crippen LogP contribution is -2.26. The van der Waals surface area contributed by atoms with Gasteiger partial charge in [-0.1, -0.05) is 0 Å². The Morgan fingerprint density at radius 1 is 1.29 bits per heavy atom. The highest BCUT2D eigenvalue weighted by atomic mass is 16.2. The maximum atomic E-state index is 11.9. The summed E-state index contributed by atoms with van der Waals surface area (Å²) in [5.74, 6) is 0.787. The van der Waals surface area contributed by atoms with Crippen molar-refractivity contribution in [3.8, 4) is 0 Å². The Morgan fingerprint density at radius 2 is 2.10 bits per heavy atom. The van der Waals surface area contributed by atoms with Gasteiger partial charge >= 0.3 is 5.69 Å². The van der Waals surface area contributed by atoms with Crippen LogP contribution in [0.15, 0.2) is 16.9 Å². The number of rotatable bonds is 4. The van der Waals surface area contributed by atoms with Gasteiger partial charge in [0.05, 0.1) is 6.54 Å². The zero-order valence-corrected chi connectivity index (χ0v) is 11.3. The van der Waals surface area contributed by atoms with Crippen molar-refractivity contribution < 1.29 is 4.79 Å². The van der Waals surface area contributed by atoms with E-state index in [-0.39, 0.29) is 18.1 Å². The van der Waals surface area contributed by atoms with Crippen LogP contribution in [0.1, 0.15) is 29.2 Å². The summed E-state index contributed by atoms with van der Waals surface area (Å²) in [4.78, 5) is 27.3. The van der Waals surface area contributed by atoms with Crippen LogP contribution < -0.4 is 15.9 Å². The first-order chi connectivity index (χ1) is 10.2. The molecule has 1 saturated heterocycles. The molecule has 1 aliphatic heterocycles. The van der Waals surface area contributed by atoms with Crippen LogP contribution >= 0.6 is 0 Å². The summed E-state index contributed by atoms with van der Waals surface area (Å²) in [7, 11) is 0. The molecule has 0 saturated carbocycles. The topological polar surface area (TPSA) is 120 Å². The third kappa shape index (κ3) is 3.07. The summed E-state index contributed by atoms with van der Waals surface area (Å²) in [6.45, 7) is 2.08. The van der Waals surface area contributed by atoms with Crippen molar-refractivity contribution >= 4 is 11.7 Å². The standard InChI is InChI=1S/C12H15N7O2/c20-11(13-7-9-14-12(21)18-16-9)8-3-4-10(17-15-8)19-5-1-2-6-19/h3-4H,1-2,5-7H2,(H,13,20)(H2,14,16,18,21). The molecule has 21 heavy (non-hydrogen) atoms. The first-order valence-electron chi connectivity index (χ1n) is 6.73. The molecule has 0 spiro atoms. The average Bonchev–Trinajstić information content (AvgIpc) is 3.16. The minimum Gasteiger partial charge on any atom is -0.355 e. The highest BCUT2D eigenvalue weighted by Gasteiger charge is 2.15. The molecule has 1 amide bonds. The molecule has 1 fully saturated rings. The third-order valence-electron chi connectivity index (χ3n) is 3.28. The van der Waals surface area contributed by atoms with Crippen molar-refractivity contribution in [2.24, 2.45) is 0 Å². The molecule has 2 aromatic heterocycles. The van der Waals surface area contributed by atoms with Gasteiger partial charge in [-0.15, -0.1) is 10.2 Å². The smallest absolute Gasteiger partial charge is 0.340 e. The van der Waals surface area contributed by atoms with Crippen molar-refractivity contribution in [2.75, 3.05) is 18.0 Å². The fraction of sp³-hybridized carbons (Fsp3) is 0.417. The van der Waals surface area contributed by atoms with Crippen LogP contribution in [-0.4, -0.2) is 44.4 Å². The van der Waals surface area contributed by atoms with Crippen LogP contribution in [0.25, 0.3) is 0 Å². The zero-order valence-electron chi connectivity index (χ0n) is 11.3. The van der Waals surface area contributed by atoms with Gasteiger partial charge in [0, 0.05) is 13.1 Å². The van der Waals surface area contributed by atoms with Crippen LogP contribution in [-0.2, 0) is 6.54 Å². The Hall–Kier alpha value is -2.71. The molecule has 0 aliphatic carbocycles. The van der Waals surface area contributed by atoms with E-state index in [1.54, 1.807) is 12.1 Å². The first-order valence-corrected chi connectivity index (χ1v) is 6.73. The first kappa shape index (κ1) is 13.3. The molecule has 1 aliphatic rings. The number of aromatic nitrogens is 5. The minimum absolute atomic E-state index is 0.118. The van der Waals surface area contributed by atoms with E-state index in [2.05, 4.69) is 35.6 Å². The van der Waals surface area contributed by atoms with E-state index in [4.69, 9.17) is 0 Å². The van der Waals surface area contributed by atoms with Crippen LogP contribution in [0.5, 0.6) is 0 Å². The lowest BCUT2D eigenvalue weighted by Gasteiger charge is -2.15. The second-order valence-corrected chi connectivity index (χ2v) is 4.78. The number of aromatic amines is 2. The van der Waals surface area contributed by atoms with Gasteiger partial charge in [-0.3, -0.25) is 9.78 Å². The number of hydrogen-bond donors (Lipinski definition) is 3. The number of nitrogens with one attached hydrogen (secondary N) is 3. The number of H-pyrrole nitrogens is 2. The van der Waals surface area contributed by atoms with E-state index in [9.17, 15) is 9.59 Å². The largest absolute Gasteiger partial charge is 0.355 e. The van der Waals surface area contributed by atoms with Gasteiger partial charge in [0.25, 0.3) is 5.91 Å². The van der Waals surface area contributed by atoms with Gasteiger partial charge < -0.3 is 10.2 Å². The summed E-state index contributed by atoms with van der Waals surface area (Å²) in [6, 6.07) is 3.44. The molecule has 0 radical (unpaired) electrons. The number of carbonyl (C=O) groups excluding carboxylic acids is 1. The molecular formula is C12H15N7O2. The SMILES string of the molecule is O=C(NCc1n[nH]c(=O)[nH]1)c1ccc(N2CCCC2)nn1. The molecule has 0 bridgehead atoms. The second kappa shape index (κ2) is 5.73. The molecule has 9 nitrogen and oxygen atoms in total. The average molecular weight is 289 g/mol. The van der Waals surface area contributed by atoms with Crippen molar-refractivity contribution in [1.29, 1.82) is 0 Å². The number of amides is 1. The van der Waals surface area contributed by atoms with Gasteiger partial charge in [0.2, 0.25) is 0 Å². The van der Waals surface area contributed by atoms with E-state index in [0.717, 1.165) is 31.7 Å². The third-order valence-corrected chi connectivity index (χ3v) is 3.28. The highest BCUT2D eigenvalue weighted by molar-refractivity contribution is 5.92. The molecule has 9 heteroatoms. The van der Waals surface area contributed by atoms with Crippen molar-refractivity contribution in [3.63, 3.8) is 0 Å². The summed E-state index contributed by atoms with van der Waals surface area (Å²) in [5, 5.41) is 16.5. The lowest BCUT2D eigenvalue weighted by atomic mass is 10.3. The van der Waals surface area contributed by atoms with E-state index in [0.29, 0.717) is 5.82 Å². The van der Waals surface area contributed by atoms with Crippen LogP contribution in [0.2, 0.25) is 0 Å². The Bertz CT molecular complexity index is 669. The van der Waals surface area contributed by atoms with Crippen molar-refractivity contribution in [2.45, 2.75) is 19.4 Å². The van der Waals surface area contributed by atoms with Crippen LogP contribution in [0, 0.1) is 0 Å². The Kier molecular flexibility index (Phi) is 3.63. The number of anilines is 1. The summed E-state index contributed by atoms with van der Waals surface area (Å²) >= 11 is 0. The number of hydrogen-bond acceptors (Lipinski definition) is 6. The molecular weight excluding hydrogens is 274 g/mol. The zero-order chi connectivity index (χ0) is 14.7. The normalized spacial score (nSPS) is 14.4. The van der Waals surface area contributed by atoms with E-state index < -0.39 is 5.69 Å². The van der Waals surface area contributed by atoms with E-state index in [1.165, 1.54) is 0 Å². The fourth-order valence-electron chi connectivity index (χ4n) is 2.20. The second-order valence-electron chi connectivity index (χ2n) is 4.78. The van der Waals surface area contributed by atoms with Gasteiger partial charge in [0.1, 0.15) is 5.82 Å². The lowest BCUT2D eigenvalue weighted by molar-refractivity contribution is 0.0944. The Morgan fingerprint density at radius 3 is 2.71 bits per heavy atom. The number of nitrogens with zero attached hydrogens (tertiary/aromatic N) is 4. The van der Waals surface area contributed by atoms with Crippen molar-refractivity contribution in [1.82, 2.24) is 30.7 Å². The molecule has 0 aromatic carbocycles. The summed E-state index contributed by atoms with van der Waals surface area (Å²) in [5.41, 5.74) is -0.176. The van der Waals surface area contributed by atoms with Crippen LogP contribution in [0.3, 0.4) is 0 Å². The maximum absolute atomic E-state index is 11.9. The van der Waals surface area contributed by atoms with Gasteiger partial charge in [0.15, 0.2) is 11.5 Å². The molecule has 2 aromatic rings. The van der Waals surface area contributed by atoms with Gasteiger partial charge in [-0.05, 0) is 25.0 Å². The predicted molar refractivity (Wildman–Crippen MR) is 73.9 cm³/mol. The summed E-state index contributed by atoms with van der Waals surface area (Å²) in [6.07, 6.45) is 2.32. The van der Waals surface area contributed by atoms with E-state index in [1.807, 2.05) is 0 Å². The predicted octanol–water partition coefficient (Wildman–Crippen LogP) is -0.582. The molecule has 110 valence electrons. The monoisotopic (exact) mass is 289 g/mol. The van der Waals surface area contributed by atoms with Gasteiger partial charge in [-0.2, -0.15) is 5.10 Å². The van der Waals surface area contributed by atoms with Gasteiger partial charge in [-0.25, -0.2) is 9.89 Å². The number of carbonyl (C=O) groups is 1. The van der Waals surface area contributed by atoms with E-state index >= 15 is 0 Å². The summed E-state index contributed by atoms with van der Waals surface area (Å²) < 4.78 is 0. The van der Waals surface area contributed by atoms with Crippen LogP contribution in [0.4, 0.5) is 5.82 Å². The molecule has 3 rings (SSSR count). The Balaban J connectivity index is 1.60. The van der Waals surface area contributed by atoms with Crippen molar-refractivity contribution in [3.05, 3.63) is 34.1 Å². The minimum atomic E-state index is -0.408. The maximum Gasteiger partial charge on any atom is 0.340 e. The highest BCUT2D eigenvalue weighted by Crippen LogP contribution is 2.16.